The number of rotatable bonds is 5. The molecule has 0 spiro atoms. The zero-order valence-corrected chi connectivity index (χ0v) is 10.1. The predicted molar refractivity (Wildman–Crippen MR) is 62.9 cm³/mol. The van der Waals surface area contributed by atoms with E-state index in [-0.39, 0.29) is 5.02 Å². The molecule has 0 saturated heterocycles. The van der Waals surface area contributed by atoms with Gasteiger partial charge < -0.3 is 20.6 Å². The topological polar surface area (TPSA) is 89.8 Å². The molecule has 0 unspecified atom stereocenters. The van der Waals surface area contributed by atoms with Crippen LogP contribution in [0, 0.1) is 5.82 Å². The van der Waals surface area contributed by atoms with Gasteiger partial charge in [-0.3, -0.25) is 4.79 Å². The predicted octanol–water partition coefficient (Wildman–Crippen LogP) is -0.0754. The van der Waals surface area contributed by atoms with Crippen LogP contribution in [-0.4, -0.2) is 46.6 Å². The van der Waals surface area contributed by atoms with Crippen LogP contribution in [0.25, 0.3) is 0 Å². The number of carbonyl (C=O) groups excluding carboxylic acids is 1. The number of nitrogens with one attached hydrogen (secondary N) is 1. The summed E-state index contributed by atoms with van der Waals surface area (Å²) in [5, 5.41) is 29.2. The van der Waals surface area contributed by atoms with Gasteiger partial charge in [0.15, 0.2) is 0 Å². The lowest BCUT2D eigenvalue weighted by Crippen LogP contribution is -2.57. The lowest BCUT2D eigenvalue weighted by molar-refractivity contribution is 0.0373. The molecule has 0 fully saturated rings. The summed E-state index contributed by atoms with van der Waals surface area (Å²) in [5.41, 5.74) is -2.03. The largest absolute Gasteiger partial charge is 0.394 e. The fourth-order valence-corrected chi connectivity index (χ4v) is 1.54. The van der Waals surface area contributed by atoms with Crippen molar-refractivity contribution in [3.05, 3.63) is 34.6 Å². The second-order valence-electron chi connectivity index (χ2n) is 3.81. The van der Waals surface area contributed by atoms with Gasteiger partial charge in [-0.2, -0.15) is 0 Å². The summed E-state index contributed by atoms with van der Waals surface area (Å²) < 4.78 is 13.5. The number of benzene rings is 1. The summed E-state index contributed by atoms with van der Waals surface area (Å²) in [7, 11) is 0. The Morgan fingerprint density at radius 1 is 1.28 bits per heavy atom. The molecule has 0 aliphatic rings. The van der Waals surface area contributed by atoms with Gasteiger partial charge in [0.1, 0.15) is 11.4 Å². The maximum Gasteiger partial charge on any atom is 0.256 e. The molecule has 0 aromatic heterocycles. The Morgan fingerprint density at radius 2 is 1.83 bits per heavy atom. The van der Waals surface area contributed by atoms with Crippen molar-refractivity contribution in [2.45, 2.75) is 5.54 Å². The Hall–Kier alpha value is -1.21. The second-order valence-corrected chi connectivity index (χ2v) is 4.21. The van der Waals surface area contributed by atoms with Gasteiger partial charge in [-0.15, -0.1) is 0 Å². The molecule has 0 atom stereocenters. The molecule has 1 rings (SSSR count). The summed E-state index contributed by atoms with van der Waals surface area (Å²) in [6.45, 7) is -2.09. The molecular formula is C11H13ClFNO4. The molecule has 1 amide bonds. The molecular weight excluding hydrogens is 265 g/mol. The first-order valence-electron chi connectivity index (χ1n) is 5.09. The molecule has 1 aromatic carbocycles. The highest BCUT2D eigenvalue weighted by Gasteiger charge is 2.31. The first-order valence-corrected chi connectivity index (χ1v) is 5.46. The average Bonchev–Trinajstić information content (AvgIpc) is 2.36. The van der Waals surface area contributed by atoms with Crippen LogP contribution in [0.15, 0.2) is 18.2 Å². The van der Waals surface area contributed by atoms with Crippen LogP contribution >= 0.6 is 11.6 Å². The van der Waals surface area contributed by atoms with Gasteiger partial charge >= 0.3 is 0 Å². The highest BCUT2D eigenvalue weighted by atomic mass is 35.5. The van der Waals surface area contributed by atoms with Gasteiger partial charge in [-0.05, 0) is 12.1 Å². The summed E-state index contributed by atoms with van der Waals surface area (Å²) in [6.07, 6.45) is 0. The molecule has 1 aromatic rings. The third-order valence-corrected chi connectivity index (χ3v) is 2.79. The average molecular weight is 278 g/mol. The fraction of sp³-hybridized carbons (Fsp3) is 0.364. The molecule has 0 aliphatic heterocycles. The Labute approximate surface area is 108 Å². The maximum atomic E-state index is 13.5. The van der Waals surface area contributed by atoms with Gasteiger partial charge in [0.2, 0.25) is 0 Å². The monoisotopic (exact) mass is 277 g/mol. The Balaban J connectivity index is 3.02. The van der Waals surface area contributed by atoms with Crippen molar-refractivity contribution < 1.29 is 24.5 Å². The summed E-state index contributed by atoms with van der Waals surface area (Å²) in [6, 6.07) is 3.73. The molecule has 0 saturated carbocycles. The number of hydrogen-bond donors (Lipinski definition) is 4. The van der Waals surface area contributed by atoms with Crippen molar-refractivity contribution in [3.8, 4) is 0 Å². The third-order valence-electron chi connectivity index (χ3n) is 2.48. The molecule has 0 radical (unpaired) electrons. The van der Waals surface area contributed by atoms with Crippen LogP contribution in [0.3, 0.4) is 0 Å². The van der Waals surface area contributed by atoms with Gasteiger partial charge in [0.25, 0.3) is 5.91 Å². The number of aliphatic hydroxyl groups is 3. The minimum atomic E-state index is -1.62. The molecule has 0 aliphatic carbocycles. The lowest BCUT2D eigenvalue weighted by atomic mass is 10.0. The van der Waals surface area contributed by atoms with Crippen molar-refractivity contribution in [1.29, 1.82) is 0 Å². The number of amides is 1. The van der Waals surface area contributed by atoms with E-state index >= 15 is 0 Å². The van der Waals surface area contributed by atoms with E-state index in [0.717, 1.165) is 6.07 Å². The van der Waals surface area contributed by atoms with Crippen molar-refractivity contribution in [3.63, 3.8) is 0 Å². The molecule has 0 heterocycles. The van der Waals surface area contributed by atoms with Crippen LogP contribution in [0.1, 0.15) is 10.4 Å². The van der Waals surface area contributed by atoms with Crippen molar-refractivity contribution in [2.24, 2.45) is 0 Å². The highest BCUT2D eigenvalue weighted by molar-refractivity contribution is 6.33. The van der Waals surface area contributed by atoms with E-state index in [1.165, 1.54) is 12.1 Å². The summed E-state index contributed by atoms with van der Waals surface area (Å²) in [5.74, 6) is -1.75. The molecule has 4 N–H and O–H groups in total. The lowest BCUT2D eigenvalue weighted by Gasteiger charge is -2.28. The van der Waals surface area contributed by atoms with Gasteiger partial charge in [0, 0.05) is 0 Å². The van der Waals surface area contributed by atoms with Crippen LogP contribution in [0.5, 0.6) is 0 Å². The van der Waals surface area contributed by atoms with Crippen LogP contribution in [0.2, 0.25) is 5.02 Å². The van der Waals surface area contributed by atoms with E-state index in [1.807, 2.05) is 0 Å². The summed E-state index contributed by atoms with van der Waals surface area (Å²) in [4.78, 5) is 11.8. The minimum Gasteiger partial charge on any atom is -0.394 e. The molecule has 0 bridgehead atoms. The van der Waals surface area contributed by atoms with Crippen LogP contribution in [0.4, 0.5) is 4.39 Å². The van der Waals surface area contributed by atoms with E-state index in [1.54, 1.807) is 0 Å². The quantitative estimate of drug-likeness (QED) is 0.606. The maximum absolute atomic E-state index is 13.5. The molecule has 5 nitrogen and oxygen atoms in total. The number of halogens is 2. The molecule has 100 valence electrons. The normalized spacial score (nSPS) is 11.4. The smallest absolute Gasteiger partial charge is 0.256 e. The number of hydrogen-bond acceptors (Lipinski definition) is 4. The fourth-order valence-electron chi connectivity index (χ4n) is 1.29. The van der Waals surface area contributed by atoms with Crippen molar-refractivity contribution in [2.75, 3.05) is 19.8 Å². The zero-order valence-electron chi connectivity index (χ0n) is 9.36. The van der Waals surface area contributed by atoms with Gasteiger partial charge in [-0.1, -0.05) is 17.7 Å². The Bertz CT molecular complexity index is 409. The first-order chi connectivity index (χ1) is 8.49. The SMILES string of the molecule is O=C(NC(CO)(CO)CO)c1c(F)cccc1Cl. The molecule has 18 heavy (non-hydrogen) atoms. The Morgan fingerprint density at radius 3 is 2.28 bits per heavy atom. The molecule has 7 heteroatoms. The number of aliphatic hydroxyl groups excluding tert-OH is 3. The van der Waals surface area contributed by atoms with E-state index in [0.29, 0.717) is 0 Å². The van der Waals surface area contributed by atoms with Crippen LogP contribution < -0.4 is 5.32 Å². The van der Waals surface area contributed by atoms with Gasteiger partial charge in [-0.25, -0.2) is 4.39 Å². The van der Waals surface area contributed by atoms with E-state index in [4.69, 9.17) is 26.9 Å². The van der Waals surface area contributed by atoms with Crippen molar-refractivity contribution >= 4 is 17.5 Å². The van der Waals surface area contributed by atoms with Crippen molar-refractivity contribution in [1.82, 2.24) is 5.32 Å². The summed E-state index contributed by atoms with van der Waals surface area (Å²) >= 11 is 5.69. The first kappa shape index (κ1) is 14.8. The van der Waals surface area contributed by atoms with E-state index < -0.39 is 42.6 Å². The zero-order chi connectivity index (χ0) is 13.8. The van der Waals surface area contributed by atoms with E-state index in [2.05, 4.69) is 5.32 Å². The minimum absolute atomic E-state index is 0.102. The third kappa shape index (κ3) is 2.97. The second kappa shape index (κ2) is 6.10. The number of carbonyl (C=O) groups is 1. The standard InChI is InChI=1S/C11H13ClFNO4/c12-7-2-1-3-8(13)9(7)10(18)14-11(4-15,5-16)6-17/h1-3,15-17H,4-6H2,(H,14,18). The van der Waals surface area contributed by atoms with Gasteiger partial charge in [0.05, 0.1) is 30.4 Å². The Kier molecular flexibility index (Phi) is 5.03. The highest BCUT2D eigenvalue weighted by Crippen LogP contribution is 2.19. The van der Waals surface area contributed by atoms with E-state index in [9.17, 15) is 9.18 Å². The van der Waals surface area contributed by atoms with Crippen LogP contribution in [-0.2, 0) is 0 Å².